The zero-order chi connectivity index (χ0) is 15.6. The van der Waals surface area contributed by atoms with Crippen molar-refractivity contribution in [2.75, 3.05) is 39.3 Å². The van der Waals surface area contributed by atoms with E-state index in [0.717, 1.165) is 38.3 Å². The third-order valence-electron chi connectivity index (χ3n) is 4.20. The summed E-state index contributed by atoms with van der Waals surface area (Å²) in [5.41, 5.74) is 2.21. The van der Waals surface area contributed by atoms with E-state index in [1.54, 1.807) is 0 Å². The van der Waals surface area contributed by atoms with Gasteiger partial charge in [-0.3, -0.25) is 14.5 Å². The number of aromatic nitrogens is 2. The SMILES string of the molecule is Cl.Cl.FC(F)(F)CN1CCN(Cc2cc3n(n2)CCCNC3)CC1. The second-order valence-electron chi connectivity index (χ2n) is 6.05. The Morgan fingerprint density at radius 3 is 2.38 bits per heavy atom. The molecule has 1 saturated heterocycles. The number of hydrogen-bond acceptors (Lipinski definition) is 4. The Morgan fingerprint density at radius 1 is 1.04 bits per heavy atom. The Balaban J connectivity index is 0.00000144. The van der Waals surface area contributed by atoms with E-state index in [9.17, 15) is 13.2 Å². The van der Waals surface area contributed by atoms with Crippen molar-refractivity contribution in [3.63, 3.8) is 0 Å². The molecular formula is C14H24Cl2F3N5. The fraction of sp³-hybridized carbons (Fsp3) is 0.786. The van der Waals surface area contributed by atoms with Crippen molar-refractivity contribution in [3.05, 3.63) is 17.5 Å². The largest absolute Gasteiger partial charge is 0.401 e. The molecule has 0 atom stereocenters. The first-order valence-electron chi connectivity index (χ1n) is 7.77. The van der Waals surface area contributed by atoms with Gasteiger partial charge >= 0.3 is 6.18 Å². The van der Waals surface area contributed by atoms with Crippen molar-refractivity contribution in [1.82, 2.24) is 24.9 Å². The number of halogens is 5. The van der Waals surface area contributed by atoms with Gasteiger partial charge in [-0.2, -0.15) is 18.3 Å². The minimum absolute atomic E-state index is 0. The van der Waals surface area contributed by atoms with Crippen molar-refractivity contribution in [3.8, 4) is 0 Å². The lowest BCUT2D eigenvalue weighted by molar-refractivity contribution is -0.149. The molecule has 0 aromatic carbocycles. The molecule has 10 heteroatoms. The van der Waals surface area contributed by atoms with Gasteiger partial charge in [-0.15, -0.1) is 24.8 Å². The smallest absolute Gasteiger partial charge is 0.311 e. The van der Waals surface area contributed by atoms with E-state index in [1.165, 1.54) is 10.6 Å². The number of nitrogens with one attached hydrogen (secondary N) is 1. The molecule has 0 bridgehead atoms. The van der Waals surface area contributed by atoms with E-state index in [1.807, 2.05) is 0 Å². The van der Waals surface area contributed by atoms with Crippen LogP contribution in [0.15, 0.2) is 6.07 Å². The summed E-state index contributed by atoms with van der Waals surface area (Å²) in [4.78, 5) is 3.66. The third kappa shape index (κ3) is 6.07. The number of nitrogens with zero attached hydrogens (tertiary/aromatic N) is 4. The van der Waals surface area contributed by atoms with E-state index in [0.29, 0.717) is 26.2 Å². The fourth-order valence-electron chi connectivity index (χ4n) is 3.09. The summed E-state index contributed by atoms with van der Waals surface area (Å²) in [5.74, 6) is 0. The Labute approximate surface area is 152 Å². The van der Waals surface area contributed by atoms with Crippen molar-refractivity contribution in [2.45, 2.75) is 32.2 Å². The van der Waals surface area contributed by atoms with Crippen LogP contribution in [0.5, 0.6) is 0 Å². The van der Waals surface area contributed by atoms with Crippen molar-refractivity contribution >= 4 is 24.8 Å². The van der Waals surface area contributed by atoms with Gasteiger partial charge in [-0.25, -0.2) is 0 Å². The van der Waals surface area contributed by atoms with Gasteiger partial charge in [-0.1, -0.05) is 0 Å². The molecule has 1 aromatic heterocycles. The van der Waals surface area contributed by atoms with Gasteiger partial charge in [-0.05, 0) is 19.0 Å². The summed E-state index contributed by atoms with van der Waals surface area (Å²) in [6.07, 6.45) is -3.03. The van der Waals surface area contributed by atoms with Gasteiger partial charge in [0.25, 0.3) is 0 Å². The summed E-state index contributed by atoms with van der Waals surface area (Å²) < 4.78 is 39.2. The van der Waals surface area contributed by atoms with Crippen LogP contribution in [-0.4, -0.2) is 65.0 Å². The zero-order valence-corrected chi connectivity index (χ0v) is 15.0. The van der Waals surface area contributed by atoms with Gasteiger partial charge < -0.3 is 5.32 Å². The molecule has 0 amide bonds. The molecule has 5 nitrogen and oxygen atoms in total. The Kier molecular flexibility index (Phi) is 8.28. The maximum atomic E-state index is 12.4. The average Bonchev–Trinajstić information content (AvgIpc) is 2.68. The number of alkyl halides is 3. The predicted molar refractivity (Wildman–Crippen MR) is 90.8 cm³/mol. The minimum Gasteiger partial charge on any atom is -0.311 e. The molecule has 2 aliphatic rings. The first-order valence-corrected chi connectivity index (χ1v) is 7.77. The van der Waals surface area contributed by atoms with Crippen LogP contribution in [0.2, 0.25) is 0 Å². The molecule has 0 spiro atoms. The van der Waals surface area contributed by atoms with E-state index in [-0.39, 0.29) is 24.8 Å². The number of fused-ring (bicyclic) bond motifs is 1. The first kappa shape index (κ1) is 21.5. The molecule has 1 aromatic rings. The topological polar surface area (TPSA) is 36.3 Å². The molecule has 3 rings (SSSR count). The minimum atomic E-state index is -4.10. The molecule has 3 heterocycles. The quantitative estimate of drug-likeness (QED) is 0.856. The number of hydrogen-bond donors (Lipinski definition) is 1. The van der Waals surface area contributed by atoms with Gasteiger partial charge in [0.2, 0.25) is 0 Å². The summed E-state index contributed by atoms with van der Waals surface area (Å²) in [7, 11) is 0. The van der Waals surface area contributed by atoms with Crippen LogP contribution in [0.25, 0.3) is 0 Å². The maximum Gasteiger partial charge on any atom is 0.401 e. The average molecular weight is 390 g/mol. The van der Waals surface area contributed by atoms with Gasteiger partial charge in [0.05, 0.1) is 17.9 Å². The predicted octanol–water partition coefficient (Wildman–Crippen LogP) is 1.90. The highest BCUT2D eigenvalue weighted by atomic mass is 35.5. The normalized spacial score (nSPS) is 19.8. The summed E-state index contributed by atoms with van der Waals surface area (Å²) in [6.45, 7) is 4.97. The third-order valence-corrected chi connectivity index (χ3v) is 4.20. The van der Waals surface area contributed by atoms with Crippen molar-refractivity contribution in [1.29, 1.82) is 0 Å². The van der Waals surface area contributed by atoms with E-state index in [4.69, 9.17) is 0 Å². The molecule has 0 unspecified atom stereocenters. The Hall–Kier alpha value is -0.540. The van der Waals surface area contributed by atoms with Crippen LogP contribution >= 0.6 is 24.8 Å². The Bertz CT molecular complexity index is 478. The van der Waals surface area contributed by atoms with Crippen LogP contribution in [0.3, 0.4) is 0 Å². The molecule has 0 aliphatic carbocycles. The monoisotopic (exact) mass is 389 g/mol. The molecule has 0 saturated carbocycles. The fourth-order valence-corrected chi connectivity index (χ4v) is 3.09. The second-order valence-corrected chi connectivity index (χ2v) is 6.05. The highest BCUT2D eigenvalue weighted by Gasteiger charge is 2.32. The molecule has 24 heavy (non-hydrogen) atoms. The van der Waals surface area contributed by atoms with Gasteiger partial charge in [0, 0.05) is 45.8 Å². The molecule has 0 radical (unpaired) electrons. The van der Waals surface area contributed by atoms with Crippen LogP contribution in [0, 0.1) is 0 Å². The van der Waals surface area contributed by atoms with E-state index in [2.05, 4.69) is 26.1 Å². The molecular weight excluding hydrogens is 366 g/mol. The van der Waals surface area contributed by atoms with Gasteiger partial charge in [0.1, 0.15) is 0 Å². The summed E-state index contributed by atoms with van der Waals surface area (Å²) in [6, 6.07) is 2.11. The Morgan fingerprint density at radius 2 is 1.71 bits per heavy atom. The summed E-state index contributed by atoms with van der Waals surface area (Å²) >= 11 is 0. The molecule has 2 aliphatic heterocycles. The lowest BCUT2D eigenvalue weighted by Crippen LogP contribution is -2.48. The van der Waals surface area contributed by atoms with Gasteiger partial charge in [0.15, 0.2) is 0 Å². The molecule has 1 fully saturated rings. The lowest BCUT2D eigenvalue weighted by atomic mass is 10.2. The van der Waals surface area contributed by atoms with Crippen LogP contribution in [0.4, 0.5) is 13.2 Å². The van der Waals surface area contributed by atoms with Crippen LogP contribution < -0.4 is 5.32 Å². The highest BCUT2D eigenvalue weighted by Crippen LogP contribution is 2.18. The number of rotatable bonds is 3. The molecule has 1 N–H and O–H groups in total. The van der Waals surface area contributed by atoms with E-state index >= 15 is 0 Å². The lowest BCUT2D eigenvalue weighted by Gasteiger charge is -2.34. The van der Waals surface area contributed by atoms with E-state index < -0.39 is 12.7 Å². The second kappa shape index (κ2) is 9.24. The first-order chi connectivity index (χ1) is 10.5. The zero-order valence-electron chi connectivity index (χ0n) is 13.4. The van der Waals surface area contributed by atoms with Crippen molar-refractivity contribution in [2.24, 2.45) is 0 Å². The standard InChI is InChI=1S/C14H22F3N5.2ClH/c15-14(16,17)11-21-6-4-20(5-7-21)10-12-8-13-9-18-2-1-3-22(13)19-12;;/h8,18H,1-7,9-11H2;2*1H. The highest BCUT2D eigenvalue weighted by molar-refractivity contribution is 5.85. The molecule has 140 valence electrons. The van der Waals surface area contributed by atoms with Crippen LogP contribution in [0.1, 0.15) is 17.8 Å². The van der Waals surface area contributed by atoms with Crippen LogP contribution in [-0.2, 0) is 19.6 Å². The number of piperazine rings is 1. The maximum absolute atomic E-state index is 12.4. The van der Waals surface area contributed by atoms with Crippen molar-refractivity contribution < 1.29 is 13.2 Å². The summed E-state index contributed by atoms with van der Waals surface area (Å²) in [5, 5.41) is 7.98. The number of aryl methyl sites for hydroxylation is 1.